The Labute approximate surface area is 104 Å². The third-order valence-electron chi connectivity index (χ3n) is 3.69. The third kappa shape index (κ3) is 1.10. The van der Waals surface area contributed by atoms with Crippen molar-refractivity contribution in [1.82, 2.24) is 9.55 Å². The van der Waals surface area contributed by atoms with Crippen LogP contribution in [0, 0.1) is 0 Å². The van der Waals surface area contributed by atoms with Gasteiger partial charge in [-0.2, -0.15) is 0 Å². The molecule has 86 valence electrons. The van der Waals surface area contributed by atoms with Crippen molar-refractivity contribution < 1.29 is 0 Å². The van der Waals surface area contributed by atoms with E-state index in [-0.39, 0.29) is 0 Å². The largest absolute Gasteiger partial charge is 0.344 e. The van der Waals surface area contributed by atoms with E-state index in [4.69, 9.17) is 0 Å². The topological polar surface area (TPSA) is 17.8 Å². The molecule has 0 N–H and O–H groups in total. The van der Waals surface area contributed by atoms with Gasteiger partial charge in [0.25, 0.3) is 0 Å². The molecule has 0 aliphatic rings. The molecule has 0 radical (unpaired) electrons. The second-order valence-electron chi connectivity index (χ2n) is 4.63. The minimum atomic E-state index is 1.20. The maximum atomic E-state index is 4.20. The minimum Gasteiger partial charge on any atom is -0.344 e. The lowest BCUT2D eigenvalue weighted by Crippen LogP contribution is -1.85. The first kappa shape index (κ1) is 9.66. The Hall–Kier alpha value is -2.35. The number of pyridine rings is 1. The third-order valence-corrected chi connectivity index (χ3v) is 3.69. The summed E-state index contributed by atoms with van der Waals surface area (Å²) in [5, 5.41) is 5.11. The monoisotopic (exact) mass is 232 g/mol. The van der Waals surface area contributed by atoms with Crippen LogP contribution in [0.4, 0.5) is 0 Å². The summed E-state index contributed by atoms with van der Waals surface area (Å²) in [4.78, 5) is 4.20. The van der Waals surface area contributed by atoms with Gasteiger partial charge in [0.2, 0.25) is 0 Å². The Bertz CT molecular complexity index is 887. The summed E-state index contributed by atoms with van der Waals surface area (Å²) >= 11 is 0. The zero-order valence-corrected chi connectivity index (χ0v) is 10.1. The molecule has 2 aromatic carbocycles. The molecule has 0 aliphatic heterocycles. The van der Waals surface area contributed by atoms with Gasteiger partial charge in [-0.1, -0.05) is 24.3 Å². The van der Waals surface area contributed by atoms with Crippen LogP contribution in [-0.2, 0) is 7.05 Å². The summed E-state index contributed by atoms with van der Waals surface area (Å²) in [6, 6.07) is 15.0. The zero-order valence-electron chi connectivity index (χ0n) is 10.1. The summed E-state index contributed by atoms with van der Waals surface area (Å²) < 4.78 is 2.25. The van der Waals surface area contributed by atoms with Gasteiger partial charge >= 0.3 is 0 Å². The molecule has 2 nitrogen and oxygen atoms in total. The maximum absolute atomic E-state index is 4.20. The highest BCUT2D eigenvalue weighted by molar-refractivity contribution is 6.20. The van der Waals surface area contributed by atoms with Crippen LogP contribution < -0.4 is 0 Å². The van der Waals surface area contributed by atoms with Crippen molar-refractivity contribution in [1.29, 1.82) is 0 Å². The molecule has 4 rings (SSSR count). The van der Waals surface area contributed by atoms with Crippen LogP contribution in [0.15, 0.2) is 54.9 Å². The maximum Gasteiger partial charge on any atom is 0.0495 e. The fraction of sp³-hybridized carbons (Fsp3) is 0.0625. The van der Waals surface area contributed by atoms with Crippen molar-refractivity contribution in [2.45, 2.75) is 0 Å². The normalized spacial score (nSPS) is 11.6. The van der Waals surface area contributed by atoms with Gasteiger partial charge < -0.3 is 4.57 Å². The van der Waals surface area contributed by atoms with Crippen molar-refractivity contribution in [3.05, 3.63) is 54.9 Å². The first-order valence-corrected chi connectivity index (χ1v) is 6.06. The highest BCUT2D eigenvalue weighted by atomic mass is 14.9. The molecule has 2 heteroatoms. The average molecular weight is 232 g/mol. The van der Waals surface area contributed by atoms with Crippen LogP contribution in [0.3, 0.4) is 0 Å². The van der Waals surface area contributed by atoms with Crippen LogP contribution >= 0.6 is 0 Å². The molecule has 0 atom stereocenters. The number of aromatic nitrogens is 2. The first-order valence-electron chi connectivity index (χ1n) is 6.06. The van der Waals surface area contributed by atoms with E-state index in [1.165, 1.54) is 32.6 Å². The van der Waals surface area contributed by atoms with E-state index in [2.05, 4.69) is 59.1 Å². The predicted octanol–water partition coefficient (Wildman–Crippen LogP) is 3.88. The number of rotatable bonds is 0. The van der Waals surface area contributed by atoms with Crippen LogP contribution in [0.2, 0.25) is 0 Å². The fourth-order valence-corrected chi connectivity index (χ4v) is 2.83. The Balaban J connectivity index is 2.41. The Morgan fingerprint density at radius 1 is 0.889 bits per heavy atom. The van der Waals surface area contributed by atoms with Gasteiger partial charge in [-0.05, 0) is 23.6 Å². The zero-order chi connectivity index (χ0) is 12.1. The van der Waals surface area contributed by atoms with Gasteiger partial charge in [0, 0.05) is 46.6 Å². The minimum absolute atomic E-state index is 1.20. The predicted molar refractivity (Wildman–Crippen MR) is 75.7 cm³/mol. The number of benzene rings is 2. The smallest absolute Gasteiger partial charge is 0.0495 e. The van der Waals surface area contributed by atoms with E-state index in [1.54, 1.807) is 0 Å². The molecular formula is C16H12N2. The lowest BCUT2D eigenvalue weighted by atomic mass is 10.1. The molecule has 0 aliphatic carbocycles. The molecule has 2 aromatic heterocycles. The Morgan fingerprint density at radius 2 is 1.78 bits per heavy atom. The van der Waals surface area contributed by atoms with E-state index in [0.717, 1.165) is 0 Å². The van der Waals surface area contributed by atoms with Gasteiger partial charge in [0.15, 0.2) is 0 Å². The van der Waals surface area contributed by atoms with E-state index in [0.29, 0.717) is 0 Å². The Kier molecular flexibility index (Phi) is 1.78. The van der Waals surface area contributed by atoms with E-state index in [9.17, 15) is 0 Å². The number of para-hydroxylation sites is 1. The van der Waals surface area contributed by atoms with Crippen LogP contribution in [0.5, 0.6) is 0 Å². The van der Waals surface area contributed by atoms with Gasteiger partial charge in [-0.15, -0.1) is 0 Å². The molecule has 0 fully saturated rings. The number of aryl methyl sites for hydroxylation is 1. The molecule has 0 amide bonds. The van der Waals surface area contributed by atoms with Crippen molar-refractivity contribution in [3.63, 3.8) is 0 Å². The molecule has 4 aromatic rings. The first-order chi connectivity index (χ1) is 8.86. The molecular weight excluding hydrogens is 220 g/mol. The number of nitrogens with zero attached hydrogens (tertiary/aromatic N) is 2. The summed E-state index contributed by atoms with van der Waals surface area (Å²) in [7, 11) is 2.12. The number of hydrogen-bond donors (Lipinski definition) is 0. The summed E-state index contributed by atoms with van der Waals surface area (Å²) in [5.74, 6) is 0. The average Bonchev–Trinajstić information content (AvgIpc) is 2.73. The SMILES string of the molecule is Cn1c2ccccc2c2c3ccncc3ccc21. The second-order valence-corrected chi connectivity index (χ2v) is 4.63. The van der Waals surface area contributed by atoms with Crippen molar-refractivity contribution >= 4 is 32.6 Å². The van der Waals surface area contributed by atoms with Crippen molar-refractivity contribution in [3.8, 4) is 0 Å². The summed E-state index contributed by atoms with van der Waals surface area (Å²) in [6.07, 6.45) is 3.79. The lowest BCUT2D eigenvalue weighted by molar-refractivity contribution is 1.01. The van der Waals surface area contributed by atoms with Gasteiger partial charge in [-0.3, -0.25) is 4.98 Å². The second kappa shape index (κ2) is 3.33. The van der Waals surface area contributed by atoms with Crippen molar-refractivity contribution in [2.24, 2.45) is 7.05 Å². The molecule has 0 bridgehead atoms. The fourth-order valence-electron chi connectivity index (χ4n) is 2.83. The van der Waals surface area contributed by atoms with Gasteiger partial charge in [-0.25, -0.2) is 0 Å². The van der Waals surface area contributed by atoms with Crippen LogP contribution in [0.1, 0.15) is 0 Å². The molecule has 0 spiro atoms. The number of fused-ring (bicyclic) bond motifs is 5. The van der Waals surface area contributed by atoms with Crippen LogP contribution in [-0.4, -0.2) is 9.55 Å². The number of hydrogen-bond acceptors (Lipinski definition) is 1. The highest BCUT2D eigenvalue weighted by Gasteiger charge is 2.10. The Morgan fingerprint density at radius 3 is 2.72 bits per heavy atom. The quantitative estimate of drug-likeness (QED) is 0.450. The van der Waals surface area contributed by atoms with Crippen molar-refractivity contribution in [2.75, 3.05) is 0 Å². The summed E-state index contributed by atoms with van der Waals surface area (Å²) in [5.41, 5.74) is 2.55. The molecule has 2 heterocycles. The molecule has 0 saturated carbocycles. The van der Waals surface area contributed by atoms with E-state index < -0.39 is 0 Å². The van der Waals surface area contributed by atoms with Gasteiger partial charge in [0.05, 0.1) is 0 Å². The highest BCUT2D eigenvalue weighted by Crippen LogP contribution is 2.33. The van der Waals surface area contributed by atoms with Gasteiger partial charge in [0.1, 0.15) is 0 Å². The van der Waals surface area contributed by atoms with Crippen LogP contribution in [0.25, 0.3) is 32.6 Å². The summed E-state index contributed by atoms with van der Waals surface area (Å²) in [6.45, 7) is 0. The van der Waals surface area contributed by atoms with E-state index >= 15 is 0 Å². The molecule has 0 unspecified atom stereocenters. The van der Waals surface area contributed by atoms with E-state index in [1.807, 2.05) is 12.4 Å². The molecule has 18 heavy (non-hydrogen) atoms. The lowest BCUT2D eigenvalue weighted by Gasteiger charge is -2.00. The standard InChI is InChI=1S/C16H12N2/c1-18-14-5-3-2-4-13(14)16-12-8-9-17-10-11(12)6-7-15(16)18/h2-10H,1H3. The molecule has 0 saturated heterocycles.